The van der Waals surface area contributed by atoms with E-state index in [-0.39, 0.29) is 0 Å². The fraction of sp³-hybridized carbons (Fsp3) is 0.133. The molecule has 0 amide bonds. The van der Waals surface area contributed by atoms with Gasteiger partial charge in [0.25, 0.3) is 0 Å². The van der Waals surface area contributed by atoms with Crippen LogP contribution in [0.15, 0.2) is 54.6 Å². The first-order valence-electron chi connectivity index (χ1n) is 5.63. The molecule has 0 aliphatic carbocycles. The largest absolute Gasteiger partial charge is 0.372 e. The van der Waals surface area contributed by atoms with Gasteiger partial charge in [0.1, 0.15) is 6.54 Å². The summed E-state index contributed by atoms with van der Waals surface area (Å²) in [6.07, 6.45) is 0.884. The maximum absolute atomic E-state index is 8.60. The Kier molecular flexibility index (Phi) is 3.77. The van der Waals surface area contributed by atoms with Crippen LogP contribution in [0.1, 0.15) is 11.1 Å². The number of nitriles is 1. The van der Waals surface area contributed by atoms with Crippen LogP contribution in [0.3, 0.4) is 0 Å². The Morgan fingerprint density at radius 2 is 1.65 bits per heavy atom. The van der Waals surface area contributed by atoms with Gasteiger partial charge in [0.05, 0.1) is 6.07 Å². The molecule has 0 spiro atoms. The van der Waals surface area contributed by atoms with Crippen LogP contribution in [0, 0.1) is 11.3 Å². The SMILES string of the molecule is N#CCNc1ccccc1Cc1ccccc1. The summed E-state index contributed by atoms with van der Waals surface area (Å²) in [5, 5.41) is 11.7. The zero-order valence-electron chi connectivity index (χ0n) is 9.56. The van der Waals surface area contributed by atoms with E-state index in [1.807, 2.05) is 36.4 Å². The molecule has 2 heteroatoms. The van der Waals surface area contributed by atoms with Crippen molar-refractivity contribution in [2.75, 3.05) is 11.9 Å². The third kappa shape index (κ3) is 3.09. The normalized spacial score (nSPS) is 9.59. The van der Waals surface area contributed by atoms with Crippen LogP contribution in [0.2, 0.25) is 0 Å². The number of rotatable bonds is 4. The highest BCUT2D eigenvalue weighted by molar-refractivity contribution is 5.53. The van der Waals surface area contributed by atoms with E-state index in [9.17, 15) is 0 Å². The molecule has 2 aromatic rings. The van der Waals surface area contributed by atoms with Gasteiger partial charge >= 0.3 is 0 Å². The number of hydrogen-bond acceptors (Lipinski definition) is 2. The Morgan fingerprint density at radius 3 is 2.41 bits per heavy atom. The highest BCUT2D eigenvalue weighted by Gasteiger charge is 2.01. The predicted molar refractivity (Wildman–Crippen MR) is 69.8 cm³/mol. The van der Waals surface area contributed by atoms with Crippen LogP contribution in [0.5, 0.6) is 0 Å². The Bertz CT molecular complexity index is 512. The van der Waals surface area contributed by atoms with Crippen LogP contribution >= 0.6 is 0 Å². The standard InChI is InChI=1S/C15H14N2/c16-10-11-17-15-9-5-4-8-14(15)12-13-6-2-1-3-7-13/h1-9,17H,11-12H2. The molecule has 84 valence electrons. The van der Waals surface area contributed by atoms with E-state index in [0.717, 1.165) is 12.1 Å². The van der Waals surface area contributed by atoms with Gasteiger partial charge in [-0.15, -0.1) is 0 Å². The van der Waals surface area contributed by atoms with Gasteiger partial charge in [0.2, 0.25) is 0 Å². The molecule has 0 unspecified atom stereocenters. The molecule has 0 atom stereocenters. The number of nitrogens with zero attached hydrogens (tertiary/aromatic N) is 1. The molecule has 17 heavy (non-hydrogen) atoms. The Balaban J connectivity index is 2.18. The Morgan fingerprint density at radius 1 is 0.941 bits per heavy atom. The summed E-state index contributed by atoms with van der Waals surface area (Å²) >= 11 is 0. The molecule has 0 aliphatic rings. The van der Waals surface area contributed by atoms with Crippen LogP contribution in [0.4, 0.5) is 5.69 Å². The second kappa shape index (κ2) is 5.72. The first-order chi connectivity index (χ1) is 8.40. The van der Waals surface area contributed by atoms with Crippen molar-refractivity contribution in [1.29, 1.82) is 5.26 Å². The minimum absolute atomic E-state index is 0.339. The summed E-state index contributed by atoms with van der Waals surface area (Å²) in [6, 6.07) is 20.5. The second-order valence-electron chi connectivity index (χ2n) is 3.83. The Hall–Kier alpha value is -2.27. The summed E-state index contributed by atoms with van der Waals surface area (Å²) in [5.41, 5.74) is 3.53. The van der Waals surface area contributed by atoms with E-state index in [2.05, 4.69) is 29.6 Å². The average Bonchev–Trinajstić information content (AvgIpc) is 2.39. The lowest BCUT2D eigenvalue weighted by molar-refractivity contribution is 1.17. The van der Waals surface area contributed by atoms with E-state index in [1.165, 1.54) is 11.1 Å². The van der Waals surface area contributed by atoms with Gasteiger partial charge in [-0.25, -0.2) is 0 Å². The molecule has 0 fully saturated rings. The zero-order chi connectivity index (χ0) is 11.9. The van der Waals surface area contributed by atoms with E-state index in [4.69, 9.17) is 5.26 Å². The molecule has 2 rings (SSSR count). The second-order valence-corrected chi connectivity index (χ2v) is 3.83. The number of hydrogen-bond donors (Lipinski definition) is 1. The summed E-state index contributed by atoms with van der Waals surface area (Å²) in [6.45, 7) is 0.339. The molecule has 0 radical (unpaired) electrons. The lowest BCUT2D eigenvalue weighted by Gasteiger charge is -2.09. The third-order valence-electron chi connectivity index (χ3n) is 2.61. The molecule has 0 saturated carbocycles. The topological polar surface area (TPSA) is 35.8 Å². The third-order valence-corrected chi connectivity index (χ3v) is 2.61. The molecule has 1 N–H and O–H groups in total. The molecule has 0 aromatic heterocycles. The molecular formula is C15H14N2. The zero-order valence-corrected chi connectivity index (χ0v) is 9.56. The van der Waals surface area contributed by atoms with Crippen LogP contribution < -0.4 is 5.32 Å². The fourth-order valence-electron chi connectivity index (χ4n) is 1.80. The molecule has 0 heterocycles. The summed E-state index contributed by atoms with van der Waals surface area (Å²) < 4.78 is 0. The van der Waals surface area contributed by atoms with Gasteiger partial charge in [0, 0.05) is 5.69 Å². The first-order valence-corrected chi connectivity index (χ1v) is 5.63. The van der Waals surface area contributed by atoms with Crippen molar-refractivity contribution in [2.45, 2.75) is 6.42 Å². The van der Waals surface area contributed by atoms with Gasteiger partial charge in [-0.3, -0.25) is 0 Å². The van der Waals surface area contributed by atoms with Crippen molar-refractivity contribution >= 4 is 5.69 Å². The maximum atomic E-state index is 8.60. The van der Waals surface area contributed by atoms with Crippen molar-refractivity contribution in [1.82, 2.24) is 0 Å². The molecule has 0 saturated heterocycles. The molecular weight excluding hydrogens is 208 g/mol. The van der Waals surface area contributed by atoms with E-state index >= 15 is 0 Å². The number of benzene rings is 2. The predicted octanol–water partition coefficient (Wildman–Crippen LogP) is 3.21. The summed E-state index contributed by atoms with van der Waals surface area (Å²) in [4.78, 5) is 0. The highest BCUT2D eigenvalue weighted by Crippen LogP contribution is 2.18. The maximum Gasteiger partial charge on any atom is 0.103 e. The highest BCUT2D eigenvalue weighted by atomic mass is 14.9. The smallest absolute Gasteiger partial charge is 0.103 e. The first kappa shape index (κ1) is 11.2. The Labute approximate surface area is 102 Å². The van der Waals surface area contributed by atoms with Crippen molar-refractivity contribution in [3.8, 4) is 6.07 Å². The lowest BCUT2D eigenvalue weighted by atomic mass is 10.0. The van der Waals surface area contributed by atoms with Crippen molar-refractivity contribution in [3.63, 3.8) is 0 Å². The number of anilines is 1. The van der Waals surface area contributed by atoms with Crippen LogP contribution in [0.25, 0.3) is 0 Å². The van der Waals surface area contributed by atoms with Gasteiger partial charge < -0.3 is 5.32 Å². The number of para-hydroxylation sites is 1. The summed E-state index contributed by atoms with van der Waals surface area (Å²) in [7, 11) is 0. The van der Waals surface area contributed by atoms with E-state index < -0.39 is 0 Å². The lowest BCUT2D eigenvalue weighted by Crippen LogP contribution is -2.02. The quantitative estimate of drug-likeness (QED) is 0.806. The van der Waals surface area contributed by atoms with Gasteiger partial charge in [-0.05, 0) is 23.6 Å². The van der Waals surface area contributed by atoms with Crippen molar-refractivity contribution in [2.24, 2.45) is 0 Å². The van der Waals surface area contributed by atoms with Gasteiger partial charge in [0.15, 0.2) is 0 Å². The molecule has 0 bridgehead atoms. The van der Waals surface area contributed by atoms with Crippen LogP contribution in [-0.4, -0.2) is 6.54 Å². The van der Waals surface area contributed by atoms with E-state index in [1.54, 1.807) is 0 Å². The molecule has 2 aromatic carbocycles. The van der Waals surface area contributed by atoms with Gasteiger partial charge in [-0.2, -0.15) is 5.26 Å². The van der Waals surface area contributed by atoms with Crippen molar-refractivity contribution in [3.05, 3.63) is 65.7 Å². The number of nitrogens with one attached hydrogen (secondary N) is 1. The minimum atomic E-state index is 0.339. The van der Waals surface area contributed by atoms with Crippen molar-refractivity contribution < 1.29 is 0 Å². The van der Waals surface area contributed by atoms with Gasteiger partial charge in [-0.1, -0.05) is 48.5 Å². The fourth-order valence-corrected chi connectivity index (χ4v) is 1.80. The average molecular weight is 222 g/mol. The van der Waals surface area contributed by atoms with E-state index in [0.29, 0.717) is 6.54 Å². The monoisotopic (exact) mass is 222 g/mol. The molecule has 2 nitrogen and oxygen atoms in total. The molecule has 0 aliphatic heterocycles. The minimum Gasteiger partial charge on any atom is -0.372 e. The summed E-state index contributed by atoms with van der Waals surface area (Å²) in [5.74, 6) is 0. The van der Waals surface area contributed by atoms with Crippen LogP contribution in [-0.2, 0) is 6.42 Å².